The predicted octanol–water partition coefficient (Wildman–Crippen LogP) is 4.74. The summed E-state index contributed by atoms with van der Waals surface area (Å²) in [5.74, 6) is -2.22. The Hall–Kier alpha value is -2.92. The van der Waals surface area contributed by atoms with Crippen molar-refractivity contribution in [3.8, 4) is 11.1 Å². The summed E-state index contributed by atoms with van der Waals surface area (Å²) in [4.78, 5) is 24.9. The molecule has 0 aliphatic heterocycles. The summed E-state index contributed by atoms with van der Waals surface area (Å²) in [7, 11) is 0. The van der Waals surface area contributed by atoms with Gasteiger partial charge in [-0.15, -0.1) is 11.3 Å². The van der Waals surface area contributed by atoms with Crippen molar-refractivity contribution in [1.29, 1.82) is 0 Å². The second-order valence-electron chi connectivity index (χ2n) is 6.93. The third-order valence-electron chi connectivity index (χ3n) is 5.16. The third-order valence-corrected chi connectivity index (χ3v) is 6.06. The third kappa shape index (κ3) is 3.71. The zero-order valence-electron chi connectivity index (χ0n) is 15.2. The Morgan fingerprint density at radius 3 is 2.18 bits per heavy atom. The number of benzene rings is 2. The van der Waals surface area contributed by atoms with Gasteiger partial charge in [-0.2, -0.15) is 0 Å². The SMILES string of the molecule is O=C(C[C@@H](Cc1cccs1)C(=O)O)OCC1c2ccccc2-c2ccccc21. The molecule has 4 rings (SSSR count). The fraction of sp³-hybridized carbons (Fsp3) is 0.217. The fourth-order valence-electron chi connectivity index (χ4n) is 3.79. The van der Waals surface area contributed by atoms with Crippen molar-refractivity contribution in [2.24, 2.45) is 5.92 Å². The molecule has 0 spiro atoms. The van der Waals surface area contributed by atoms with E-state index >= 15 is 0 Å². The van der Waals surface area contributed by atoms with E-state index in [1.807, 2.05) is 41.8 Å². The van der Waals surface area contributed by atoms with Gasteiger partial charge in [-0.05, 0) is 40.1 Å². The average molecular weight is 392 g/mol. The second kappa shape index (κ2) is 7.98. The first kappa shape index (κ1) is 18.4. The van der Waals surface area contributed by atoms with Crippen LogP contribution in [-0.2, 0) is 20.7 Å². The van der Waals surface area contributed by atoms with E-state index < -0.39 is 17.9 Å². The first-order valence-electron chi connectivity index (χ1n) is 9.22. The highest BCUT2D eigenvalue weighted by atomic mass is 32.1. The lowest BCUT2D eigenvalue weighted by molar-refractivity contribution is -0.151. The van der Waals surface area contributed by atoms with Crippen molar-refractivity contribution in [3.05, 3.63) is 82.0 Å². The largest absolute Gasteiger partial charge is 0.481 e. The van der Waals surface area contributed by atoms with Crippen LogP contribution >= 0.6 is 11.3 Å². The highest BCUT2D eigenvalue weighted by Gasteiger charge is 2.30. The molecule has 28 heavy (non-hydrogen) atoms. The van der Waals surface area contributed by atoms with Gasteiger partial charge in [-0.25, -0.2) is 0 Å². The number of esters is 1. The normalized spacial score (nSPS) is 13.6. The van der Waals surface area contributed by atoms with Crippen molar-refractivity contribution < 1.29 is 19.4 Å². The molecule has 142 valence electrons. The quantitative estimate of drug-likeness (QED) is 0.590. The smallest absolute Gasteiger partial charge is 0.307 e. The maximum Gasteiger partial charge on any atom is 0.307 e. The van der Waals surface area contributed by atoms with Crippen molar-refractivity contribution in [2.45, 2.75) is 18.8 Å². The van der Waals surface area contributed by atoms with Gasteiger partial charge in [0.2, 0.25) is 0 Å². The number of carbonyl (C=O) groups is 2. The van der Waals surface area contributed by atoms with Gasteiger partial charge in [0.25, 0.3) is 0 Å². The minimum absolute atomic E-state index is 0.0167. The average Bonchev–Trinajstić information content (AvgIpc) is 3.32. The second-order valence-corrected chi connectivity index (χ2v) is 7.97. The highest BCUT2D eigenvalue weighted by Crippen LogP contribution is 2.44. The number of rotatable bonds is 7. The molecular formula is C23H20O4S. The molecule has 1 heterocycles. The van der Waals surface area contributed by atoms with Crippen LogP contribution in [0, 0.1) is 5.92 Å². The van der Waals surface area contributed by atoms with E-state index in [4.69, 9.17) is 4.74 Å². The molecular weight excluding hydrogens is 372 g/mol. The van der Waals surface area contributed by atoms with Crippen molar-refractivity contribution in [3.63, 3.8) is 0 Å². The summed E-state index contributed by atoms with van der Waals surface area (Å²) >= 11 is 1.50. The fourth-order valence-corrected chi connectivity index (χ4v) is 4.58. The molecule has 1 atom stereocenters. The van der Waals surface area contributed by atoms with E-state index in [0.717, 1.165) is 16.0 Å². The van der Waals surface area contributed by atoms with E-state index in [2.05, 4.69) is 24.3 Å². The molecule has 1 aliphatic rings. The molecule has 0 saturated heterocycles. The van der Waals surface area contributed by atoms with Crippen molar-refractivity contribution >= 4 is 23.3 Å². The van der Waals surface area contributed by atoms with Crippen LogP contribution < -0.4 is 0 Å². The monoisotopic (exact) mass is 392 g/mol. The zero-order valence-corrected chi connectivity index (χ0v) is 16.0. The molecule has 3 aromatic rings. The van der Waals surface area contributed by atoms with Crippen LogP contribution in [0.4, 0.5) is 0 Å². The van der Waals surface area contributed by atoms with E-state index in [0.29, 0.717) is 6.42 Å². The van der Waals surface area contributed by atoms with Gasteiger partial charge < -0.3 is 9.84 Å². The lowest BCUT2D eigenvalue weighted by Crippen LogP contribution is -2.22. The molecule has 0 amide bonds. The molecule has 0 fully saturated rings. The van der Waals surface area contributed by atoms with Crippen molar-refractivity contribution in [2.75, 3.05) is 6.61 Å². The predicted molar refractivity (Wildman–Crippen MR) is 108 cm³/mol. The van der Waals surface area contributed by atoms with Crippen LogP contribution in [0.3, 0.4) is 0 Å². The number of aliphatic carboxylic acids is 1. The van der Waals surface area contributed by atoms with Gasteiger partial charge in [0.15, 0.2) is 0 Å². The Kier molecular flexibility index (Phi) is 5.26. The molecule has 0 saturated carbocycles. The number of hydrogen-bond acceptors (Lipinski definition) is 4. The summed E-state index contributed by atoms with van der Waals surface area (Å²) in [6, 6.07) is 20.0. The van der Waals surface area contributed by atoms with Gasteiger partial charge in [0.05, 0.1) is 12.3 Å². The van der Waals surface area contributed by atoms with E-state index in [-0.39, 0.29) is 18.9 Å². The van der Waals surface area contributed by atoms with Crippen LogP contribution in [0.25, 0.3) is 11.1 Å². The Labute approximate surface area is 167 Å². The lowest BCUT2D eigenvalue weighted by Gasteiger charge is -2.16. The Balaban J connectivity index is 1.44. The van der Waals surface area contributed by atoms with Crippen LogP contribution in [0.2, 0.25) is 0 Å². The first-order chi connectivity index (χ1) is 13.6. The zero-order chi connectivity index (χ0) is 19.5. The van der Waals surface area contributed by atoms with E-state index in [1.54, 1.807) is 0 Å². The molecule has 0 unspecified atom stereocenters. The minimum atomic E-state index is -0.970. The number of carboxylic acids is 1. The minimum Gasteiger partial charge on any atom is -0.481 e. The van der Waals surface area contributed by atoms with E-state index in [9.17, 15) is 14.7 Å². The van der Waals surface area contributed by atoms with Gasteiger partial charge in [-0.3, -0.25) is 9.59 Å². The Bertz CT molecular complexity index is 948. The number of fused-ring (bicyclic) bond motifs is 3. The molecule has 1 aromatic heterocycles. The van der Waals surface area contributed by atoms with Crippen LogP contribution in [0.1, 0.15) is 28.3 Å². The molecule has 5 heteroatoms. The summed E-state index contributed by atoms with van der Waals surface area (Å²) in [5, 5.41) is 11.4. The maximum absolute atomic E-state index is 12.4. The topological polar surface area (TPSA) is 63.6 Å². The first-order valence-corrected chi connectivity index (χ1v) is 10.1. The van der Waals surface area contributed by atoms with Crippen LogP contribution in [-0.4, -0.2) is 23.7 Å². The number of ether oxygens (including phenoxy) is 1. The van der Waals surface area contributed by atoms with Gasteiger partial charge in [-0.1, -0.05) is 54.6 Å². The number of carboxylic acid groups (broad SMARTS) is 1. The Morgan fingerprint density at radius 2 is 1.61 bits per heavy atom. The summed E-state index contributed by atoms with van der Waals surface area (Å²) in [6.45, 7) is 0.220. The number of hydrogen-bond donors (Lipinski definition) is 1. The summed E-state index contributed by atoms with van der Waals surface area (Å²) < 4.78 is 5.54. The van der Waals surface area contributed by atoms with Gasteiger partial charge in [0.1, 0.15) is 6.61 Å². The number of carbonyl (C=O) groups excluding carboxylic acids is 1. The summed E-state index contributed by atoms with van der Waals surface area (Å²) in [6.07, 6.45) is 0.223. The molecule has 4 nitrogen and oxygen atoms in total. The molecule has 0 radical (unpaired) electrons. The molecule has 2 aromatic carbocycles. The van der Waals surface area contributed by atoms with Crippen LogP contribution in [0.15, 0.2) is 66.0 Å². The Morgan fingerprint density at radius 1 is 0.964 bits per heavy atom. The van der Waals surface area contributed by atoms with Crippen molar-refractivity contribution in [1.82, 2.24) is 0 Å². The van der Waals surface area contributed by atoms with Crippen LogP contribution in [0.5, 0.6) is 0 Å². The van der Waals surface area contributed by atoms with E-state index in [1.165, 1.54) is 22.5 Å². The standard InChI is InChI=1S/C23H20O4S/c24-22(13-15(23(25)26)12-16-6-5-11-28-16)27-14-21-19-9-3-1-7-17(19)18-8-2-4-10-20(18)21/h1-11,15,21H,12-14H2,(H,25,26)/t15-/m1/s1. The van der Waals surface area contributed by atoms with Gasteiger partial charge >= 0.3 is 11.9 Å². The highest BCUT2D eigenvalue weighted by molar-refractivity contribution is 7.09. The van der Waals surface area contributed by atoms with Gasteiger partial charge in [0, 0.05) is 10.8 Å². The molecule has 1 aliphatic carbocycles. The maximum atomic E-state index is 12.4. The lowest BCUT2D eigenvalue weighted by atomic mass is 9.98. The molecule has 1 N–H and O–H groups in total. The molecule has 0 bridgehead atoms. The summed E-state index contributed by atoms with van der Waals surface area (Å²) in [5.41, 5.74) is 4.62. The number of thiophene rings is 1.